The van der Waals surface area contributed by atoms with E-state index >= 15 is 0 Å². The fraction of sp³-hybridized carbons (Fsp3) is 0.364. The van der Waals surface area contributed by atoms with Crippen molar-refractivity contribution in [1.82, 2.24) is 5.32 Å². The molecule has 2 atom stereocenters. The SMILES string of the molecule is COc1ccc(N2C[C@@H](C(=O)N[C@H](C)c3ccc(OC)c(OC)c3)CC2=O)cc1. The Labute approximate surface area is 170 Å². The third kappa shape index (κ3) is 4.45. The van der Waals surface area contributed by atoms with Gasteiger partial charge in [0.1, 0.15) is 5.75 Å². The molecule has 0 radical (unpaired) electrons. The van der Waals surface area contributed by atoms with Crippen LogP contribution in [-0.2, 0) is 9.59 Å². The highest BCUT2D eigenvalue weighted by atomic mass is 16.5. The fourth-order valence-electron chi connectivity index (χ4n) is 3.43. The summed E-state index contributed by atoms with van der Waals surface area (Å²) in [5.74, 6) is 1.36. The molecule has 1 heterocycles. The van der Waals surface area contributed by atoms with E-state index in [9.17, 15) is 9.59 Å². The minimum Gasteiger partial charge on any atom is -0.497 e. The maximum Gasteiger partial charge on any atom is 0.227 e. The Morgan fingerprint density at radius 3 is 2.34 bits per heavy atom. The summed E-state index contributed by atoms with van der Waals surface area (Å²) in [6.07, 6.45) is 0.191. The van der Waals surface area contributed by atoms with Crippen molar-refractivity contribution in [3.8, 4) is 17.2 Å². The molecule has 0 bridgehead atoms. The van der Waals surface area contributed by atoms with Gasteiger partial charge in [-0.25, -0.2) is 0 Å². The Kier molecular flexibility index (Phi) is 6.26. The lowest BCUT2D eigenvalue weighted by Crippen LogP contribution is -2.34. The first-order chi connectivity index (χ1) is 14.0. The van der Waals surface area contributed by atoms with Crippen LogP contribution < -0.4 is 24.4 Å². The quantitative estimate of drug-likeness (QED) is 0.776. The average molecular weight is 398 g/mol. The Balaban J connectivity index is 1.65. The van der Waals surface area contributed by atoms with Crippen LogP contribution in [0.1, 0.15) is 24.9 Å². The second-order valence-electron chi connectivity index (χ2n) is 6.95. The van der Waals surface area contributed by atoms with Gasteiger partial charge in [-0.15, -0.1) is 0 Å². The molecule has 0 saturated carbocycles. The molecule has 2 aromatic rings. The summed E-state index contributed by atoms with van der Waals surface area (Å²) >= 11 is 0. The molecule has 1 N–H and O–H groups in total. The molecule has 0 aliphatic carbocycles. The van der Waals surface area contributed by atoms with Gasteiger partial charge in [0.25, 0.3) is 0 Å². The van der Waals surface area contributed by atoms with Gasteiger partial charge in [-0.1, -0.05) is 6.07 Å². The molecule has 3 rings (SSSR count). The van der Waals surface area contributed by atoms with Gasteiger partial charge < -0.3 is 24.4 Å². The van der Waals surface area contributed by atoms with Crippen LogP contribution in [0.2, 0.25) is 0 Å². The van der Waals surface area contributed by atoms with E-state index in [0.29, 0.717) is 18.0 Å². The van der Waals surface area contributed by atoms with E-state index in [0.717, 1.165) is 17.0 Å². The van der Waals surface area contributed by atoms with E-state index in [1.807, 2.05) is 31.2 Å². The van der Waals surface area contributed by atoms with E-state index in [-0.39, 0.29) is 24.3 Å². The molecule has 29 heavy (non-hydrogen) atoms. The largest absolute Gasteiger partial charge is 0.497 e. The van der Waals surface area contributed by atoms with Gasteiger partial charge in [0, 0.05) is 18.7 Å². The highest BCUT2D eigenvalue weighted by Crippen LogP contribution is 2.31. The number of ether oxygens (including phenoxy) is 3. The van der Waals surface area contributed by atoms with Crippen LogP contribution in [0.15, 0.2) is 42.5 Å². The minimum atomic E-state index is -0.396. The van der Waals surface area contributed by atoms with Gasteiger partial charge >= 0.3 is 0 Å². The zero-order valence-corrected chi connectivity index (χ0v) is 17.1. The zero-order valence-electron chi connectivity index (χ0n) is 17.1. The lowest BCUT2D eigenvalue weighted by molar-refractivity contribution is -0.126. The topological polar surface area (TPSA) is 77.1 Å². The molecule has 7 heteroatoms. The lowest BCUT2D eigenvalue weighted by Gasteiger charge is -2.20. The summed E-state index contributed by atoms with van der Waals surface area (Å²) in [5, 5.41) is 3.00. The Morgan fingerprint density at radius 1 is 1.03 bits per heavy atom. The van der Waals surface area contributed by atoms with E-state index in [4.69, 9.17) is 14.2 Å². The van der Waals surface area contributed by atoms with Crippen LogP contribution in [0, 0.1) is 5.92 Å². The number of hydrogen-bond acceptors (Lipinski definition) is 5. The maximum absolute atomic E-state index is 12.8. The summed E-state index contributed by atoms with van der Waals surface area (Å²) in [7, 11) is 4.74. The first-order valence-corrected chi connectivity index (χ1v) is 9.43. The summed E-state index contributed by atoms with van der Waals surface area (Å²) in [5.41, 5.74) is 1.66. The van der Waals surface area contributed by atoms with E-state index < -0.39 is 5.92 Å². The number of amides is 2. The van der Waals surface area contributed by atoms with Crippen molar-refractivity contribution in [2.75, 3.05) is 32.8 Å². The summed E-state index contributed by atoms with van der Waals surface area (Å²) in [4.78, 5) is 26.8. The van der Waals surface area contributed by atoms with Gasteiger partial charge in [-0.2, -0.15) is 0 Å². The molecule has 2 aromatic carbocycles. The molecule has 154 valence electrons. The van der Waals surface area contributed by atoms with E-state index in [1.54, 1.807) is 44.4 Å². The van der Waals surface area contributed by atoms with Crippen molar-refractivity contribution < 1.29 is 23.8 Å². The smallest absolute Gasteiger partial charge is 0.227 e. The summed E-state index contributed by atoms with van der Waals surface area (Å²) in [6, 6.07) is 12.5. The van der Waals surface area contributed by atoms with Crippen molar-refractivity contribution in [3.63, 3.8) is 0 Å². The lowest BCUT2D eigenvalue weighted by atomic mass is 10.0. The third-order valence-electron chi connectivity index (χ3n) is 5.15. The van der Waals surface area contributed by atoms with Gasteiger partial charge in [-0.3, -0.25) is 9.59 Å². The molecule has 1 saturated heterocycles. The summed E-state index contributed by atoms with van der Waals surface area (Å²) < 4.78 is 15.7. The van der Waals surface area contributed by atoms with Crippen LogP contribution in [0.3, 0.4) is 0 Å². The molecule has 1 aliphatic rings. The monoisotopic (exact) mass is 398 g/mol. The summed E-state index contributed by atoms with van der Waals surface area (Å²) in [6.45, 7) is 2.26. The number of rotatable bonds is 7. The van der Waals surface area contributed by atoms with Gasteiger partial charge in [0.2, 0.25) is 11.8 Å². The predicted molar refractivity (Wildman–Crippen MR) is 110 cm³/mol. The molecule has 0 aromatic heterocycles. The normalized spacial score (nSPS) is 17.0. The first kappa shape index (κ1) is 20.5. The van der Waals surface area contributed by atoms with Gasteiger partial charge in [0.15, 0.2) is 11.5 Å². The van der Waals surface area contributed by atoms with Crippen molar-refractivity contribution in [2.45, 2.75) is 19.4 Å². The second kappa shape index (κ2) is 8.86. The molecule has 0 spiro atoms. The number of carbonyl (C=O) groups excluding carboxylic acids is 2. The van der Waals surface area contributed by atoms with Crippen molar-refractivity contribution in [1.29, 1.82) is 0 Å². The second-order valence-corrected chi connectivity index (χ2v) is 6.95. The Hall–Kier alpha value is -3.22. The van der Waals surface area contributed by atoms with Crippen molar-refractivity contribution >= 4 is 17.5 Å². The molecule has 7 nitrogen and oxygen atoms in total. The van der Waals surface area contributed by atoms with Crippen LogP contribution in [0.5, 0.6) is 17.2 Å². The number of hydrogen-bond donors (Lipinski definition) is 1. The van der Waals surface area contributed by atoms with Crippen molar-refractivity contribution in [2.24, 2.45) is 5.92 Å². The molecular formula is C22H26N2O5. The molecule has 1 fully saturated rings. The van der Waals surface area contributed by atoms with Crippen LogP contribution >= 0.6 is 0 Å². The Morgan fingerprint density at radius 2 is 1.72 bits per heavy atom. The van der Waals surface area contributed by atoms with Crippen LogP contribution in [0.4, 0.5) is 5.69 Å². The highest BCUT2D eigenvalue weighted by molar-refractivity contribution is 6.00. The number of nitrogens with one attached hydrogen (secondary N) is 1. The van der Waals surface area contributed by atoms with Crippen molar-refractivity contribution in [3.05, 3.63) is 48.0 Å². The van der Waals surface area contributed by atoms with E-state index in [2.05, 4.69) is 5.32 Å². The minimum absolute atomic E-state index is 0.0610. The number of nitrogens with zero attached hydrogens (tertiary/aromatic N) is 1. The molecule has 2 amide bonds. The number of anilines is 1. The maximum atomic E-state index is 12.8. The standard InChI is InChI=1S/C22H26N2O5/c1-14(15-5-10-19(28-3)20(11-15)29-4)23-22(26)16-12-21(25)24(13-16)17-6-8-18(27-2)9-7-17/h5-11,14,16H,12-13H2,1-4H3,(H,23,26)/t14-,16+/m1/s1. The third-order valence-corrected chi connectivity index (χ3v) is 5.15. The number of carbonyl (C=O) groups is 2. The highest BCUT2D eigenvalue weighted by Gasteiger charge is 2.35. The Bertz CT molecular complexity index is 881. The fourth-order valence-corrected chi connectivity index (χ4v) is 3.43. The molecule has 1 aliphatic heterocycles. The van der Waals surface area contributed by atoms with Gasteiger partial charge in [0.05, 0.1) is 33.3 Å². The van der Waals surface area contributed by atoms with Crippen LogP contribution in [0.25, 0.3) is 0 Å². The van der Waals surface area contributed by atoms with Gasteiger partial charge in [-0.05, 0) is 48.9 Å². The predicted octanol–water partition coefficient (Wildman–Crippen LogP) is 2.94. The molecular weight excluding hydrogens is 372 g/mol. The average Bonchev–Trinajstić information content (AvgIpc) is 3.14. The number of benzene rings is 2. The number of methoxy groups -OCH3 is 3. The van der Waals surface area contributed by atoms with Crippen LogP contribution in [-0.4, -0.2) is 39.7 Å². The first-order valence-electron chi connectivity index (χ1n) is 9.43. The molecule has 0 unspecified atom stereocenters. The zero-order chi connectivity index (χ0) is 21.0. The van der Waals surface area contributed by atoms with E-state index in [1.165, 1.54) is 0 Å².